The van der Waals surface area contributed by atoms with Crippen molar-refractivity contribution in [3.8, 4) is 11.3 Å². The second-order valence-electron chi connectivity index (χ2n) is 5.55. The molecule has 2 aromatic heterocycles. The number of nitrogens with one attached hydrogen (secondary N) is 2. The van der Waals surface area contributed by atoms with Gasteiger partial charge in [0.25, 0.3) is 0 Å². The van der Waals surface area contributed by atoms with Gasteiger partial charge in [-0.3, -0.25) is 9.89 Å². The summed E-state index contributed by atoms with van der Waals surface area (Å²) in [5.41, 5.74) is 7.63. The van der Waals surface area contributed by atoms with Crippen molar-refractivity contribution in [2.24, 2.45) is 0 Å². The molecule has 0 fully saturated rings. The minimum atomic E-state index is -0.0849. The highest BCUT2D eigenvalue weighted by Gasteiger charge is 2.08. The summed E-state index contributed by atoms with van der Waals surface area (Å²) >= 11 is 0. The van der Waals surface area contributed by atoms with Crippen LogP contribution in [0.4, 0.5) is 5.95 Å². The van der Waals surface area contributed by atoms with Crippen LogP contribution >= 0.6 is 0 Å². The highest BCUT2D eigenvalue weighted by atomic mass is 16.3. The largest absolute Gasteiger partial charge is 0.461 e. The van der Waals surface area contributed by atoms with Gasteiger partial charge in [-0.25, -0.2) is 0 Å². The summed E-state index contributed by atoms with van der Waals surface area (Å²) in [6.45, 7) is 2.32. The summed E-state index contributed by atoms with van der Waals surface area (Å²) in [6, 6.07) is 12.0. The number of aromatic nitrogens is 3. The Balaban J connectivity index is 1.49. The zero-order valence-electron chi connectivity index (χ0n) is 13.4. The average Bonchev–Trinajstić information content (AvgIpc) is 3.21. The van der Waals surface area contributed by atoms with E-state index in [9.17, 15) is 4.79 Å². The number of benzene rings is 1. The second kappa shape index (κ2) is 6.99. The number of rotatable bonds is 6. The normalized spacial score (nSPS) is 10.7. The van der Waals surface area contributed by atoms with Crippen molar-refractivity contribution in [3.05, 3.63) is 53.5 Å². The van der Waals surface area contributed by atoms with Crippen molar-refractivity contribution < 1.29 is 9.21 Å². The third kappa shape index (κ3) is 4.01. The number of amides is 1. The summed E-state index contributed by atoms with van der Waals surface area (Å²) in [5.74, 6) is 2.20. The van der Waals surface area contributed by atoms with E-state index in [-0.39, 0.29) is 18.4 Å². The van der Waals surface area contributed by atoms with E-state index in [0.29, 0.717) is 18.7 Å². The van der Waals surface area contributed by atoms with Gasteiger partial charge in [0.2, 0.25) is 11.9 Å². The number of nitrogens with zero attached hydrogens (tertiary/aromatic N) is 2. The van der Waals surface area contributed by atoms with Gasteiger partial charge in [-0.2, -0.15) is 4.98 Å². The second-order valence-corrected chi connectivity index (χ2v) is 5.55. The molecule has 0 aliphatic heterocycles. The van der Waals surface area contributed by atoms with E-state index in [1.54, 1.807) is 0 Å². The van der Waals surface area contributed by atoms with Gasteiger partial charge in [0, 0.05) is 18.4 Å². The smallest absolute Gasteiger partial charge is 0.239 e. The first-order valence-corrected chi connectivity index (χ1v) is 7.69. The van der Waals surface area contributed by atoms with Crippen LogP contribution in [-0.2, 0) is 17.8 Å². The fourth-order valence-electron chi connectivity index (χ4n) is 2.28. The maximum absolute atomic E-state index is 11.9. The molecule has 7 nitrogen and oxygen atoms in total. The first-order chi connectivity index (χ1) is 11.6. The lowest BCUT2D eigenvalue weighted by Crippen LogP contribution is -2.23. The minimum Gasteiger partial charge on any atom is -0.461 e. The Morgan fingerprint density at radius 3 is 2.75 bits per heavy atom. The molecular weight excluding hydrogens is 306 g/mol. The van der Waals surface area contributed by atoms with Crippen LogP contribution in [-0.4, -0.2) is 21.1 Å². The van der Waals surface area contributed by atoms with Crippen LogP contribution in [0.2, 0.25) is 0 Å². The molecule has 0 aliphatic rings. The van der Waals surface area contributed by atoms with Crippen molar-refractivity contribution in [2.75, 3.05) is 5.73 Å². The first kappa shape index (κ1) is 15.8. The summed E-state index contributed by atoms with van der Waals surface area (Å²) < 4.78 is 5.80. The van der Waals surface area contributed by atoms with Crippen molar-refractivity contribution in [3.63, 3.8) is 0 Å². The van der Waals surface area contributed by atoms with E-state index < -0.39 is 0 Å². The summed E-state index contributed by atoms with van der Waals surface area (Å²) in [7, 11) is 0. The Kier molecular flexibility index (Phi) is 4.60. The lowest BCUT2D eigenvalue weighted by atomic mass is 10.1. The van der Waals surface area contributed by atoms with E-state index in [4.69, 9.17) is 10.2 Å². The Bertz CT molecular complexity index is 820. The van der Waals surface area contributed by atoms with Crippen molar-refractivity contribution in [2.45, 2.75) is 26.3 Å². The van der Waals surface area contributed by atoms with Gasteiger partial charge < -0.3 is 15.5 Å². The molecule has 0 unspecified atom stereocenters. The number of H-pyrrole nitrogens is 1. The van der Waals surface area contributed by atoms with Crippen LogP contribution in [0.1, 0.15) is 23.6 Å². The molecule has 3 rings (SSSR count). The molecule has 4 N–H and O–H groups in total. The Labute approximate surface area is 139 Å². The van der Waals surface area contributed by atoms with Crippen LogP contribution < -0.4 is 11.1 Å². The lowest BCUT2D eigenvalue weighted by Gasteiger charge is -2.02. The first-order valence-electron chi connectivity index (χ1n) is 7.69. The lowest BCUT2D eigenvalue weighted by molar-refractivity contribution is -0.121. The Morgan fingerprint density at radius 2 is 2.04 bits per heavy atom. The van der Waals surface area contributed by atoms with Crippen LogP contribution in [0.3, 0.4) is 0 Å². The maximum Gasteiger partial charge on any atom is 0.239 e. The third-order valence-electron chi connectivity index (χ3n) is 3.60. The number of hydrogen-bond acceptors (Lipinski definition) is 5. The number of anilines is 1. The third-order valence-corrected chi connectivity index (χ3v) is 3.60. The van der Waals surface area contributed by atoms with Crippen LogP contribution in [0.25, 0.3) is 11.3 Å². The van der Waals surface area contributed by atoms with Gasteiger partial charge >= 0.3 is 0 Å². The standard InChI is InChI=1S/C17H19N5O2/c1-11-2-4-12(5-3-11)14-8-6-13(24-14)7-9-16(23)19-10-15-20-17(18)22-21-15/h2-6,8H,7,9-10H2,1H3,(H,19,23)(H3,18,20,21,22). The topological polar surface area (TPSA) is 110 Å². The maximum atomic E-state index is 11.9. The molecule has 2 heterocycles. The molecule has 3 aromatic rings. The molecule has 24 heavy (non-hydrogen) atoms. The predicted molar refractivity (Wildman–Crippen MR) is 89.8 cm³/mol. The molecule has 0 saturated heterocycles. The zero-order valence-corrected chi connectivity index (χ0v) is 13.4. The number of carbonyl (C=O) groups excluding carboxylic acids is 1. The number of nitrogen functional groups attached to an aromatic ring is 1. The molecule has 0 saturated carbocycles. The molecule has 0 aliphatic carbocycles. The predicted octanol–water partition coefficient (Wildman–Crippen LogP) is 2.20. The number of nitrogens with two attached hydrogens (primary N) is 1. The van der Waals surface area contributed by atoms with Gasteiger partial charge in [0.1, 0.15) is 17.3 Å². The Morgan fingerprint density at radius 1 is 1.25 bits per heavy atom. The SMILES string of the molecule is Cc1ccc(-c2ccc(CCC(=O)NCc3nc(N)n[nH]3)o2)cc1. The van der Waals surface area contributed by atoms with Crippen LogP contribution in [0, 0.1) is 6.92 Å². The molecule has 124 valence electrons. The molecule has 0 bridgehead atoms. The monoisotopic (exact) mass is 325 g/mol. The van der Waals surface area contributed by atoms with Gasteiger partial charge in [-0.15, -0.1) is 5.10 Å². The van der Waals surface area contributed by atoms with E-state index in [2.05, 4.69) is 20.5 Å². The fourth-order valence-corrected chi connectivity index (χ4v) is 2.28. The molecule has 7 heteroatoms. The Hall–Kier alpha value is -3.09. The van der Waals surface area contributed by atoms with Gasteiger partial charge in [-0.1, -0.05) is 29.8 Å². The van der Waals surface area contributed by atoms with E-state index in [1.165, 1.54) is 5.56 Å². The van der Waals surface area contributed by atoms with Gasteiger partial charge in [-0.05, 0) is 19.1 Å². The van der Waals surface area contributed by atoms with Gasteiger partial charge in [0.15, 0.2) is 0 Å². The van der Waals surface area contributed by atoms with Crippen LogP contribution in [0.5, 0.6) is 0 Å². The highest BCUT2D eigenvalue weighted by Crippen LogP contribution is 2.23. The van der Waals surface area contributed by atoms with Crippen molar-refractivity contribution in [1.29, 1.82) is 0 Å². The number of aryl methyl sites for hydroxylation is 2. The van der Waals surface area contributed by atoms with Crippen molar-refractivity contribution in [1.82, 2.24) is 20.5 Å². The van der Waals surface area contributed by atoms with E-state index in [1.807, 2.05) is 43.3 Å². The number of carbonyl (C=O) groups is 1. The fraction of sp³-hybridized carbons (Fsp3) is 0.235. The zero-order chi connectivity index (χ0) is 16.9. The average molecular weight is 325 g/mol. The molecule has 0 spiro atoms. The molecule has 1 amide bonds. The summed E-state index contributed by atoms with van der Waals surface area (Å²) in [6.07, 6.45) is 0.876. The van der Waals surface area contributed by atoms with Crippen LogP contribution in [0.15, 0.2) is 40.8 Å². The molecule has 0 atom stereocenters. The molecule has 1 aromatic carbocycles. The quantitative estimate of drug-likeness (QED) is 0.643. The molecular formula is C17H19N5O2. The van der Waals surface area contributed by atoms with E-state index >= 15 is 0 Å². The minimum absolute atomic E-state index is 0.0849. The van der Waals surface area contributed by atoms with E-state index in [0.717, 1.165) is 17.1 Å². The number of aromatic amines is 1. The number of furan rings is 1. The molecule has 0 radical (unpaired) electrons. The van der Waals surface area contributed by atoms with Crippen molar-refractivity contribution >= 4 is 11.9 Å². The number of hydrogen-bond donors (Lipinski definition) is 3. The summed E-state index contributed by atoms with van der Waals surface area (Å²) in [4.78, 5) is 15.8. The highest BCUT2D eigenvalue weighted by molar-refractivity contribution is 5.76. The summed E-state index contributed by atoms with van der Waals surface area (Å²) in [5, 5.41) is 9.10. The van der Waals surface area contributed by atoms with Gasteiger partial charge in [0.05, 0.1) is 6.54 Å².